The molecule has 1 rings (SSSR count). The van der Waals surface area contributed by atoms with E-state index in [2.05, 4.69) is 10.1 Å². The summed E-state index contributed by atoms with van der Waals surface area (Å²) in [5.74, 6) is -1.66. The summed E-state index contributed by atoms with van der Waals surface area (Å²) < 4.78 is 20.2. The lowest BCUT2D eigenvalue weighted by Crippen LogP contribution is -2.64. The van der Waals surface area contributed by atoms with Crippen LogP contribution in [0.5, 0.6) is 0 Å². The van der Waals surface area contributed by atoms with Crippen LogP contribution in [0.2, 0.25) is 0 Å². The van der Waals surface area contributed by atoms with Crippen molar-refractivity contribution < 1.29 is 48.7 Å². The Kier molecular flexibility index (Phi) is 7.74. The van der Waals surface area contributed by atoms with E-state index in [4.69, 9.17) is 14.5 Å². The third kappa shape index (κ3) is 6.44. The minimum Gasteiger partial charge on any atom is -0.462 e. The smallest absolute Gasteiger partial charge is 0.336 e. The molecule has 0 saturated carbocycles. The molecule has 5 atom stereocenters. The highest BCUT2D eigenvalue weighted by atomic mass is 31.2. The van der Waals surface area contributed by atoms with Crippen LogP contribution in [-0.4, -0.2) is 80.4 Å². The lowest BCUT2D eigenvalue weighted by Gasteiger charge is -2.40. The van der Waals surface area contributed by atoms with Gasteiger partial charge in [-0.1, -0.05) is 6.92 Å². The number of aliphatic hydroxyl groups excluding tert-OH is 3. The Morgan fingerprint density at radius 1 is 1.21 bits per heavy atom. The standard InChI is InChI=1S/C12H22NO10P/c1-2-3-7(14)13-9-11(17)10(16)6(23-12(9)18)4-22-8(15)5-24(19,20)21/h6,9-12,16-18H,2-5H2,1H3,(H,13,14)(H2,19,20,21)/t6-,9-,10-,11-,12?/m1/s1. The molecule has 140 valence electrons. The Morgan fingerprint density at radius 3 is 2.38 bits per heavy atom. The normalized spacial score (nSPS) is 30.7. The number of aliphatic hydroxyl groups is 3. The van der Waals surface area contributed by atoms with Gasteiger partial charge in [0.15, 0.2) is 6.29 Å². The van der Waals surface area contributed by atoms with Crippen LogP contribution >= 0.6 is 7.60 Å². The van der Waals surface area contributed by atoms with Crippen molar-refractivity contribution in [3.8, 4) is 0 Å². The monoisotopic (exact) mass is 371 g/mol. The molecule has 0 aromatic rings. The van der Waals surface area contributed by atoms with Gasteiger partial charge >= 0.3 is 13.6 Å². The first kappa shape index (κ1) is 21.0. The van der Waals surface area contributed by atoms with Gasteiger partial charge in [-0.2, -0.15) is 0 Å². The lowest BCUT2D eigenvalue weighted by atomic mass is 9.97. The van der Waals surface area contributed by atoms with Crippen LogP contribution in [0, 0.1) is 0 Å². The SMILES string of the molecule is CCCC(=O)N[C@H]1C(O)O[C@H](COC(=O)CP(=O)(O)O)[C@@H](O)[C@@H]1O. The van der Waals surface area contributed by atoms with E-state index in [9.17, 15) is 29.5 Å². The van der Waals surface area contributed by atoms with Crippen molar-refractivity contribution in [3.05, 3.63) is 0 Å². The van der Waals surface area contributed by atoms with Crippen molar-refractivity contribution in [1.82, 2.24) is 5.32 Å². The predicted octanol–water partition coefficient (Wildman–Crippen LogP) is -2.57. The van der Waals surface area contributed by atoms with Crippen molar-refractivity contribution in [2.75, 3.05) is 12.8 Å². The third-order valence-corrected chi connectivity index (χ3v) is 3.94. The zero-order valence-electron chi connectivity index (χ0n) is 12.9. The van der Waals surface area contributed by atoms with Gasteiger partial charge < -0.3 is 39.9 Å². The fourth-order valence-electron chi connectivity index (χ4n) is 2.11. The van der Waals surface area contributed by atoms with E-state index in [0.717, 1.165) is 0 Å². The molecule has 1 amide bonds. The van der Waals surface area contributed by atoms with Crippen LogP contribution in [0.1, 0.15) is 19.8 Å². The summed E-state index contributed by atoms with van der Waals surface area (Å²) in [4.78, 5) is 40.0. The second kappa shape index (κ2) is 8.86. The number of ether oxygens (including phenoxy) is 2. The average molecular weight is 371 g/mol. The third-order valence-electron chi connectivity index (χ3n) is 3.27. The molecule has 0 aromatic carbocycles. The Hall–Kier alpha value is -1.07. The van der Waals surface area contributed by atoms with E-state index in [1.54, 1.807) is 6.92 Å². The van der Waals surface area contributed by atoms with Gasteiger partial charge in [-0.05, 0) is 6.42 Å². The highest BCUT2D eigenvalue weighted by Gasteiger charge is 2.45. The summed E-state index contributed by atoms with van der Waals surface area (Å²) in [5.41, 5.74) is 0. The van der Waals surface area contributed by atoms with Crippen LogP contribution < -0.4 is 5.32 Å². The molecule has 24 heavy (non-hydrogen) atoms. The highest BCUT2D eigenvalue weighted by Crippen LogP contribution is 2.34. The number of nitrogens with one attached hydrogen (secondary N) is 1. The Balaban J connectivity index is 2.58. The van der Waals surface area contributed by atoms with Crippen LogP contribution in [-0.2, 0) is 23.6 Å². The maximum Gasteiger partial charge on any atom is 0.336 e. The maximum absolute atomic E-state index is 11.5. The second-order valence-electron chi connectivity index (χ2n) is 5.40. The molecule has 0 aliphatic carbocycles. The summed E-state index contributed by atoms with van der Waals surface area (Å²) >= 11 is 0. The van der Waals surface area contributed by atoms with Crippen molar-refractivity contribution >= 4 is 19.5 Å². The molecule has 0 bridgehead atoms. The summed E-state index contributed by atoms with van der Waals surface area (Å²) in [5, 5.41) is 32.1. The number of carbonyl (C=O) groups is 2. The summed E-state index contributed by atoms with van der Waals surface area (Å²) in [6.45, 7) is 1.13. The minimum atomic E-state index is -4.59. The topological polar surface area (TPSA) is 183 Å². The molecule has 0 spiro atoms. The molecule has 0 aromatic heterocycles. The molecule has 1 aliphatic rings. The summed E-state index contributed by atoms with van der Waals surface area (Å²) in [6, 6.07) is -1.26. The van der Waals surface area contributed by atoms with Crippen LogP contribution in [0.4, 0.5) is 0 Å². The van der Waals surface area contributed by atoms with E-state index < -0.39 is 62.9 Å². The summed E-state index contributed by atoms with van der Waals surface area (Å²) in [7, 11) is -4.59. The van der Waals surface area contributed by atoms with E-state index in [1.165, 1.54) is 0 Å². The second-order valence-corrected chi connectivity index (χ2v) is 7.04. The zero-order valence-corrected chi connectivity index (χ0v) is 13.8. The first-order valence-electron chi connectivity index (χ1n) is 7.24. The molecule has 1 heterocycles. The van der Waals surface area contributed by atoms with Crippen LogP contribution in [0.25, 0.3) is 0 Å². The summed E-state index contributed by atoms with van der Waals surface area (Å²) in [6.07, 6.45) is -6.59. The first-order chi connectivity index (χ1) is 11.0. The van der Waals surface area contributed by atoms with E-state index >= 15 is 0 Å². The number of hydrogen-bond donors (Lipinski definition) is 6. The number of rotatable bonds is 7. The molecule has 12 heteroatoms. The van der Waals surface area contributed by atoms with Crippen molar-refractivity contribution in [1.29, 1.82) is 0 Å². The van der Waals surface area contributed by atoms with Gasteiger partial charge in [0.25, 0.3) is 0 Å². The molecule has 6 N–H and O–H groups in total. The Morgan fingerprint density at radius 2 is 1.83 bits per heavy atom. The minimum absolute atomic E-state index is 0.162. The Labute approximate surface area is 137 Å². The highest BCUT2D eigenvalue weighted by molar-refractivity contribution is 7.52. The molecule has 1 fully saturated rings. The number of carbonyl (C=O) groups excluding carboxylic acids is 2. The first-order valence-corrected chi connectivity index (χ1v) is 9.04. The quantitative estimate of drug-likeness (QED) is 0.205. The van der Waals surface area contributed by atoms with Gasteiger partial charge in [0.1, 0.15) is 37.1 Å². The maximum atomic E-state index is 11.5. The fourth-order valence-corrected chi connectivity index (χ4v) is 2.54. The van der Waals surface area contributed by atoms with Crippen LogP contribution in [0.3, 0.4) is 0 Å². The van der Waals surface area contributed by atoms with Crippen molar-refractivity contribution in [2.24, 2.45) is 0 Å². The molecule has 1 unspecified atom stereocenters. The molecular formula is C12H22NO10P. The molecule has 1 aliphatic heterocycles. The fraction of sp³-hybridized carbons (Fsp3) is 0.833. The molecule has 1 saturated heterocycles. The van der Waals surface area contributed by atoms with Crippen LogP contribution in [0.15, 0.2) is 0 Å². The average Bonchev–Trinajstić information content (AvgIpc) is 2.44. The van der Waals surface area contributed by atoms with E-state index in [1.807, 2.05) is 0 Å². The molecular weight excluding hydrogens is 349 g/mol. The predicted molar refractivity (Wildman–Crippen MR) is 77.6 cm³/mol. The number of hydrogen-bond acceptors (Lipinski definition) is 8. The largest absolute Gasteiger partial charge is 0.462 e. The number of amides is 1. The number of esters is 1. The van der Waals surface area contributed by atoms with E-state index in [0.29, 0.717) is 6.42 Å². The molecule has 0 radical (unpaired) electrons. The van der Waals surface area contributed by atoms with Gasteiger partial charge in [0.2, 0.25) is 5.91 Å². The van der Waals surface area contributed by atoms with Crippen molar-refractivity contribution in [3.63, 3.8) is 0 Å². The lowest BCUT2D eigenvalue weighted by molar-refractivity contribution is -0.255. The van der Waals surface area contributed by atoms with Crippen molar-refractivity contribution in [2.45, 2.75) is 50.4 Å². The van der Waals surface area contributed by atoms with Gasteiger partial charge in [-0.25, -0.2) is 0 Å². The van der Waals surface area contributed by atoms with Gasteiger partial charge in [-0.3, -0.25) is 14.2 Å². The van der Waals surface area contributed by atoms with Gasteiger partial charge in [-0.15, -0.1) is 0 Å². The van der Waals surface area contributed by atoms with Gasteiger partial charge in [0, 0.05) is 6.42 Å². The zero-order chi connectivity index (χ0) is 18.5. The Bertz CT molecular complexity index is 494. The molecule has 11 nitrogen and oxygen atoms in total. The van der Waals surface area contributed by atoms with Gasteiger partial charge in [0.05, 0.1) is 0 Å². The van der Waals surface area contributed by atoms with E-state index in [-0.39, 0.29) is 6.42 Å².